The Labute approximate surface area is 135 Å². The van der Waals surface area contributed by atoms with Gasteiger partial charge in [0.15, 0.2) is 0 Å². The van der Waals surface area contributed by atoms with Crippen LogP contribution in [0.25, 0.3) is 0 Å². The molecule has 2 aliphatic heterocycles. The maximum absolute atomic E-state index is 13.9. The maximum Gasteiger partial charge on any atom is 0.226 e. The molecular formula is C18H22F2N2O. The smallest absolute Gasteiger partial charge is 0.226 e. The van der Waals surface area contributed by atoms with E-state index >= 15 is 0 Å². The van der Waals surface area contributed by atoms with E-state index in [1.807, 2.05) is 4.90 Å². The molecule has 2 unspecified atom stereocenters. The van der Waals surface area contributed by atoms with Gasteiger partial charge in [0.1, 0.15) is 11.6 Å². The molecule has 4 rings (SSSR count). The van der Waals surface area contributed by atoms with Crippen molar-refractivity contribution in [2.24, 2.45) is 17.8 Å². The molecule has 0 radical (unpaired) electrons. The van der Waals surface area contributed by atoms with E-state index in [4.69, 9.17) is 0 Å². The van der Waals surface area contributed by atoms with Crippen LogP contribution in [-0.2, 0) is 4.79 Å². The van der Waals surface area contributed by atoms with E-state index in [0.29, 0.717) is 18.3 Å². The molecule has 1 aliphatic carbocycles. The van der Waals surface area contributed by atoms with Crippen LogP contribution in [0.5, 0.6) is 0 Å². The number of hydrogen-bond acceptors (Lipinski definition) is 2. The van der Waals surface area contributed by atoms with Crippen LogP contribution in [0, 0.1) is 29.4 Å². The SMILES string of the molecule is O=C(C1CC1c1c(F)cccc1F)N1CC[C@@H]2CNC[C@@H]2CC1. The molecule has 4 atom stereocenters. The average Bonchev–Trinajstić information content (AvgIpc) is 3.23. The number of nitrogens with one attached hydrogen (secondary N) is 1. The van der Waals surface area contributed by atoms with E-state index in [0.717, 1.165) is 39.0 Å². The molecule has 1 aromatic rings. The molecule has 23 heavy (non-hydrogen) atoms. The van der Waals surface area contributed by atoms with Gasteiger partial charge in [0, 0.05) is 30.5 Å². The van der Waals surface area contributed by atoms with Crippen molar-refractivity contribution in [1.29, 1.82) is 0 Å². The summed E-state index contributed by atoms with van der Waals surface area (Å²) in [7, 11) is 0. The largest absolute Gasteiger partial charge is 0.342 e. The first-order chi connectivity index (χ1) is 11.1. The number of carbonyl (C=O) groups excluding carboxylic acids is 1. The Bertz CT molecular complexity index is 587. The standard InChI is InChI=1S/C18H22F2N2O/c19-15-2-1-3-16(20)17(15)13-8-14(13)18(23)22-6-4-11-9-21-10-12(11)5-7-22/h1-3,11-14,21H,4-10H2/t11-,12+,13?,14?. The summed E-state index contributed by atoms with van der Waals surface area (Å²) in [6.07, 6.45) is 2.64. The minimum Gasteiger partial charge on any atom is -0.342 e. The van der Waals surface area contributed by atoms with Gasteiger partial charge in [-0.3, -0.25) is 4.79 Å². The summed E-state index contributed by atoms with van der Waals surface area (Å²) in [5.41, 5.74) is 0.0988. The lowest BCUT2D eigenvalue weighted by Crippen LogP contribution is -2.34. The number of fused-ring (bicyclic) bond motifs is 1. The van der Waals surface area contributed by atoms with Crippen molar-refractivity contribution < 1.29 is 13.6 Å². The molecule has 0 spiro atoms. The molecule has 1 amide bonds. The first-order valence-corrected chi connectivity index (χ1v) is 8.58. The Morgan fingerprint density at radius 1 is 1.09 bits per heavy atom. The highest BCUT2D eigenvalue weighted by atomic mass is 19.1. The molecule has 3 fully saturated rings. The van der Waals surface area contributed by atoms with Crippen LogP contribution in [0.15, 0.2) is 18.2 Å². The van der Waals surface area contributed by atoms with Gasteiger partial charge >= 0.3 is 0 Å². The molecule has 1 N–H and O–H groups in total. The lowest BCUT2D eigenvalue weighted by atomic mass is 9.92. The lowest BCUT2D eigenvalue weighted by molar-refractivity contribution is -0.132. The molecule has 3 nitrogen and oxygen atoms in total. The van der Waals surface area contributed by atoms with E-state index in [2.05, 4.69) is 5.32 Å². The fourth-order valence-electron chi connectivity index (χ4n) is 4.32. The minimum atomic E-state index is -0.526. The zero-order valence-electron chi connectivity index (χ0n) is 13.1. The molecule has 2 heterocycles. The number of amides is 1. The van der Waals surface area contributed by atoms with E-state index in [1.165, 1.54) is 18.2 Å². The molecule has 0 aromatic heterocycles. The topological polar surface area (TPSA) is 32.3 Å². The third kappa shape index (κ3) is 2.75. The van der Waals surface area contributed by atoms with Gasteiger partial charge in [-0.15, -0.1) is 0 Å². The lowest BCUT2D eigenvalue weighted by Gasteiger charge is -2.21. The Balaban J connectivity index is 1.43. The molecule has 3 aliphatic rings. The van der Waals surface area contributed by atoms with E-state index < -0.39 is 11.6 Å². The summed E-state index contributed by atoms with van der Waals surface area (Å²) in [6, 6.07) is 3.92. The molecule has 1 saturated carbocycles. The van der Waals surface area contributed by atoms with Crippen LogP contribution in [-0.4, -0.2) is 37.0 Å². The summed E-state index contributed by atoms with van der Waals surface area (Å²) in [5, 5.41) is 3.43. The molecule has 1 aromatic carbocycles. The van der Waals surface area contributed by atoms with Crippen molar-refractivity contribution >= 4 is 5.91 Å². The van der Waals surface area contributed by atoms with Gasteiger partial charge in [0.25, 0.3) is 0 Å². The highest BCUT2D eigenvalue weighted by Crippen LogP contribution is 2.50. The molecule has 0 bridgehead atoms. The fourth-order valence-corrected chi connectivity index (χ4v) is 4.32. The number of nitrogens with zero attached hydrogens (tertiary/aromatic N) is 1. The van der Waals surface area contributed by atoms with E-state index in [9.17, 15) is 13.6 Å². The van der Waals surface area contributed by atoms with Crippen LogP contribution in [0.3, 0.4) is 0 Å². The third-order valence-corrected chi connectivity index (χ3v) is 5.81. The average molecular weight is 320 g/mol. The van der Waals surface area contributed by atoms with Crippen LogP contribution in [0.4, 0.5) is 8.78 Å². The first-order valence-electron chi connectivity index (χ1n) is 8.58. The predicted molar refractivity (Wildman–Crippen MR) is 82.9 cm³/mol. The van der Waals surface area contributed by atoms with Crippen molar-refractivity contribution in [1.82, 2.24) is 10.2 Å². The number of halogens is 2. The predicted octanol–water partition coefficient (Wildman–Crippen LogP) is 2.53. The van der Waals surface area contributed by atoms with Crippen LogP contribution >= 0.6 is 0 Å². The quantitative estimate of drug-likeness (QED) is 0.908. The summed E-state index contributed by atoms with van der Waals surface area (Å²) in [4.78, 5) is 14.6. The molecule has 2 saturated heterocycles. The summed E-state index contributed by atoms with van der Waals surface area (Å²) in [6.45, 7) is 3.67. The first kappa shape index (κ1) is 15.1. The number of hydrogen-bond donors (Lipinski definition) is 1. The van der Waals surface area contributed by atoms with Crippen molar-refractivity contribution in [3.05, 3.63) is 35.4 Å². The van der Waals surface area contributed by atoms with E-state index in [-0.39, 0.29) is 23.3 Å². The second-order valence-corrected chi connectivity index (χ2v) is 7.17. The maximum atomic E-state index is 13.9. The van der Waals surface area contributed by atoms with E-state index in [1.54, 1.807) is 0 Å². The fraction of sp³-hybridized carbons (Fsp3) is 0.611. The minimum absolute atomic E-state index is 0.0885. The Hall–Kier alpha value is -1.49. The van der Waals surface area contributed by atoms with Crippen molar-refractivity contribution in [3.63, 3.8) is 0 Å². The number of benzene rings is 1. The van der Waals surface area contributed by atoms with Gasteiger partial charge in [-0.25, -0.2) is 8.78 Å². The molecule has 124 valence electrons. The van der Waals surface area contributed by atoms with Gasteiger partial charge in [-0.2, -0.15) is 0 Å². The molecule has 5 heteroatoms. The highest BCUT2D eigenvalue weighted by Gasteiger charge is 2.48. The monoisotopic (exact) mass is 320 g/mol. The number of likely N-dealkylation sites (tertiary alicyclic amines) is 1. The van der Waals surface area contributed by atoms with Crippen molar-refractivity contribution in [2.75, 3.05) is 26.2 Å². The van der Waals surface area contributed by atoms with Gasteiger partial charge in [0.2, 0.25) is 5.91 Å². The van der Waals surface area contributed by atoms with Gasteiger partial charge < -0.3 is 10.2 Å². The highest BCUT2D eigenvalue weighted by molar-refractivity contribution is 5.83. The van der Waals surface area contributed by atoms with Crippen LogP contribution < -0.4 is 5.32 Å². The number of carbonyl (C=O) groups is 1. The summed E-state index contributed by atoms with van der Waals surface area (Å²) < 4.78 is 27.7. The third-order valence-electron chi connectivity index (χ3n) is 5.81. The van der Waals surface area contributed by atoms with Crippen molar-refractivity contribution in [2.45, 2.75) is 25.2 Å². The Morgan fingerprint density at radius 3 is 2.30 bits per heavy atom. The molecular weight excluding hydrogens is 298 g/mol. The zero-order valence-corrected chi connectivity index (χ0v) is 13.1. The second-order valence-electron chi connectivity index (χ2n) is 7.17. The second kappa shape index (κ2) is 5.86. The van der Waals surface area contributed by atoms with Gasteiger partial charge in [0.05, 0.1) is 0 Å². The van der Waals surface area contributed by atoms with Gasteiger partial charge in [-0.05, 0) is 56.3 Å². The van der Waals surface area contributed by atoms with Gasteiger partial charge in [-0.1, -0.05) is 6.07 Å². The Kier molecular flexibility index (Phi) is 3.84. The van der Waals surface area contributed by atoms with Crippen LogP contribution in [0.2, 0.25) is 0 Å². The summed E-state index contributed by atoms with van der Waals surface area (Å²) in [5.74, 6) is -0.140. The Morgan fingerprint density at radius 2 is 1.70 bits per heavy atom. The van der Waals surface area contributed by atoms with Crippen molar-refractivity contribution in [3.8, 4) is 0 Å². The number of rotatable bonds is 2. The summed E-state index contributed by atoms with van der Waals surface area (Å²) >= 11 is 0. The zero-order chi connectivity index (χ0) is 16.0. The van der Waals surface area contributed by atoms with Crippen LogP contribution in [0.1, 0.15) is 30.7 Å². The normalized spacial score (nSPS) is 33.2.